The van der Waals surface area contributed by atoms with Crippen LogP contribution in [-0.4, -0.2) is 40.2 Å². The Labute approximate surface area is 146 Å². The van der Waals surface area contributed by atoms with E-state index in [0.29, 0.717) is 12.3 Å². The zero-order valence-electron chi connectivity index (χ0n) is 14.2. The molecule has 134 valence electrons. The van der Waals surface area contributed by atoms with Crippen LogP contribution in [0.25, 0.3) is 0 Å². The van der Waals surface area contributed by atoms with E-state index in [1.165, 1.54) is 0 Å². The van der Waals surface area contributed by atoms with Crippen molar-refractivity contribution in [2.75, 3.05) is 13.7 Å². The molecule has 2 rings (SSSR count). The van der Waals surface area contributed by atoms with Gasteiger partial charge in [0.05, 0.1) is 19.9 Å². The van der Waals surface area contributed by atoms with Crippen LogP contribution < -0.4 is 10.1 Å². The number of imidazole rings is 1. The first kappa shape index (κ1) is 18.5. The van der Waals surface area contributed by atoms with Gasteiger partial charge in [0.2, 0.25) is 5.91 Å². The van der Waals surface area contributed by atoms with E-state index >= 15 is 0 Å². The van der Waals surface area contributed by atoms with E-state index in [9.17, 15) is 9.59 Å². The van der Waals surface area contributed by atoms with Gasteiger partial charge >= 0.3 is 5.97 Å². The van der Waals surface area contributed by atoms with Crippen LogP contribution in [0.1, 0.15) is 30.7 Å². The molecule has 0 unspecified atom stereocenters. The van der Waals surface area contributed by atoms with Crippen molar-refractivity contribution in [1.29, 1.82) is 0 Å². The van der Waals surface area contributed by atoms with Crippen molar-refractivity contribution in [1.82, 2.24) is 14.9 Å². The molecule has 0 saturated heterocycles. The lowest BCUT2D eigenvalue weighted by Crippen LogP contribution is -2.27. The van der Waals surface area contributed by atoms with Crippen molar-refractivity contribution in [2.24, 2.45) is 0 Å². The number of rotatable bonds is 10. The Bertz CT molecular complexity index is 668. The van der Waals surface area contributed by atoms with Crippen molar-refractivity contribution in [2.45, 2.75) is 31.7 Å². The normalized spacial score (nSPS) is 11.7. The zero-order chi connectivity index (χ0) is 18.1. The van der Waals surface area contributed by atoms with Crippen LogP contribution in [0.2, 0.25) is 0 Å². The van der Waals surface area contributed by atoms with Crippen LogP contribution in [0.5, 0.6) is 5.75 Å². The van der Waals surface area contributed by atoms with Crippen LogP contribution in [0.15, 0.2) is 43.0 Å². The maximum absolute atomic E-state index is 12.1. The van der Waals surface area contributed by atoms with Crippen LogP contribution >= 0.6 is 0 Å². The number of carboxylic acid groups (broad SMARTS) is 1. The second-order valence-electron chi connectivity index (χ2n) is 5.78. The van der Waals surface area contributed by atoms with Crippen LogP contribution in [0, 0.1) is 0 Å². The molecule has 0 aliphatic rings. The quantitative estimate of drug-likeness (QED) is 0.643. The highest BCUT2D eigenvalue weighted by Gasteiger charge is 2.19. The van der Waals surface area contributed by atoms with Gasteiger partial charge < -0.3 is 19.7 Å². The number of carbonyl (C=O) groups is 2. The smallest absolute Gasteiger partial charge is 0.303 e. The van der Waals surface area contributed by atoms with E-state index in [0.717, 1.165) is 18.5 Å². The van der Waals surface area contributed by atoms with Crippen molar-refractivity contribution in [3.63, 3.8) is 0 Å². The van der Waals surface area contributed by atoms with Gasteiger partial charge in [-0.3, -0.25) is 9.59 Å². The number of aliphatic carboxylic acids is 1. The summed E-state index contributed by atoms with van der Waals surface area (Å²) in [7, 11) is 1.57. The summed E-state index contributed by atoms with van der Waals surface area (Å²) in [5.41, 5.74) is 0.816. The number of benzene rings is 1. The highest BCUT2D eigenvalue weighted by atomic mass is 16.5. The summed E-state index contributed by atoms with van der Waals surface area (Å²) in [4.78, 5) is 27.2. The summed E-state index contributed by atoms with van der Waals surface area (Å²) in [5.74, 6) is -0.736. The molecular weight excluding hydrogens is 322 g/mol. The standard InChI is InChI=1S/C18H23N3O4/c1-25-16-5-3-14(4-6-16)15(12-18(23)24)11-17(22)20-7-2-9-21-10-8-19-13-21/h3-6,8,10,13,15H,2,7,9,11-12H2,1H3,(H,20,22)(H,23,24)/t15-/m1/s1. The Morgan fingerprint density at radius 2 is 2.04 bits per heavy atom. The highest BCUT2D eigenvalue weighted by Crippen LogP contribution is 2.25. The topological polar surface area (TPSA) is 93.5 Å². The zero-order valence-corrected chi connectivity index (χ0v) is 14.2. The van der Waals surface area contributed by atoms with Gasteiger partial charge in [-0.05, 0) is 24.1 Å². The lowest BCUT2D eigenvalue weighted by atomic mass is 9.92. The molecule has 0 aliphatic heterocycles. The summed E-state index contributed by atoms with van der Waals surface area (Å²) in [6, 6.07) is 7.15. The number of hydrogen-bond acceptors (Lipinski definition) is 4. The fraction of sp³-hybridized carbons (Fsp3) is 0.389. The van der Waals surface area contributed by atoms with Crippen molar-refractivity contribution >= 4 is 11.9 Å². The minimum absolute atomic E-state index is 0.0885. The van der Waals surface area contributed by atoms with E-state index in [4.69, 9.17) is 9.84 Å². The number of aryl methyl sites for hydroxylation is 1. The molecule has 2 N–H and O–H groups in total. The van der Waals surface area contributed by atoms with Gasteiger partial charge in [-0.1, -0.05) is 12.1 Å². The molecule has 0 radical (unpaired) electrons. The summed E-state index contributed by atoms with van der Waals surface area (Å²) in [6.07, 6.45) is 6.15. The van der Waals surface area contributed by atoms with Crippen LogP contribution in [-0.2, 0) is 16.1 Å². The number of ether oxygens (including phenoxy) is 1. The van der Waals surface area contributed by atoms with Gasteiger partial charge in [0.15, 0.2) is 0 Å². The second-order valence-corrected chi connectivity index (χ2v) is 5.78. The molecule has 1 heterocycles. The largest absolute Gasteiger partial charge is 0.497 e. The molecule has 0 fully saturated rings. The third-order valence-electron chi connectivity index (χ3n) is 3.91. The number of aromatic nitrogens is 2. The molecule has 25 heavy (non-hydrogen) atoms. The van der Waals surface area contributed by atoms with Crippen molar-refractivity contribution < 1.29 is 19.4 Å². The molecular formula is C18H23N3O4. The third kappa shape index (κ3) is 6.29. The molecule has 1 aromatic carbocycles. The third-order valence-corrected chi connectivity index (χ3v) is 3.91. The lowest BCUT2D eigenvalue weighted by Gasteiger charge is -2.16. The van der Waals surface area contributed by atoms with Gasteiger partial charge in [-0.15, -0.1) is 0 Å². The molecule has 1 amide bonds. The Hall–Kier alpha value is -2.83. The molecule has 7 nitrogen and oxygen atoms in total. The van der Waals surface area contributed by atoms with E-state index in [-0.39, 0.29) is 24.7 Å². The van der Waals surface area contributed by atoms with E-state index < -0.39 is 5.97 Å². The van der Waals surface area contributed by atoms with E-state index in [2.05, 4.69) is 10.3 Å². The van der Waals surface area contributed by atoms with Gasteiger partial charge in [0.25, 0.3) is 0 Å². The summed E-state index contributed by atoms with van der Waals surface area (Å²) < 4.78 is 7.05. The molecule has 1 aromatic heterocycles. The monoisotopic (exact) mass is 345 g/mol. The first-order chi connectivity index (χ1) is 12.1. The number of carbonyl (C=O) groups excluding carboxylic acids is 1. The average Bonchev–Trinajstić information content (AvgIpc) is 3.11. The lowest BCUT2D eigenvalue weighted by molar-refractivity contribution is -0.137. The SMILES string of the molecule is COc1ccc([C@@H](CC(=O)O)CC(=O)NCCCn2ccnc2)cc1. The van der Waals surface area contributed by atoms with Gasteiger partial charge in [0.1, 0.15) is 5.75 Å². The molecule has 0 spiro atoms. The average molecular weight is 345 g/mol. The summed E-state index contributed by atoms with van der Waals surface area (Å²) in [6.45, 7) is 1.32. The Morgan fingerprint density at radius 1 is 1.28 bits per heavy atom. The van der Waals surface area contributed by atoms with Crippen molar-refractivity contribution in [3.05, 3.63) is 48.5 Å². The predicted octanol–water partition coefficient (Wildman–Crippen LogP) is 2.05. The van der Waals surface area contributed by atoms with Gasteiger partial charge in [-0.2, -0.15) is 0 Å². The summed E-state index contributed by atoms with van der Waals surface area (Å²) in [5, 5.41) is 12.0. The minimum atomic E-state index is -0.922. The molecule has 0 aliphatic carbocycles. The number of nitrogens with zero attached hydrogens (tertiary/aromatic N) is 2. The highest BCUT2D eigenvalue weighted by molar-refractivity contribution is 5.78. The Kier molecular flexibility index (Phi) is 7.00. The maximum atomic E-state index is 12.1. The Morgan fingerprint density at radius 3 is 2.64 bits per heavy atom. The fourth-order valence-electron chi connectivity index (χ4n) is 2.60. The molecule has 7 heteroatoms. The van der Waals surface area contributed by atoms with Gasteiger partial charge in [0, 0.05) is 37.8 Å². The fourth-order valence-corrected chi connectivity index (χ4v) is 2.60. The first-order valence-corrected chi connectivity index (χ1v) is 8.16. The molecule has 1 atom stereocenters. The number of carboxylic acids is 1. The minimum Gasteiger partial charge on any atom is -0.497 e. The Balaban J connectivity index is 1.84. The number of hydrogen-bond donors (Lipinski definition) is 2. The second kappa shape index (κ2) is 9.46. The van der Waals surface area contributed by atoms with Crippen LogP contribution in [0.4, 0.5) is 0 Å². The van der Waals surface area contributed by atoms with E-state index in [1.807, 2.05) is 10.8 Å². The number of amides is 1. The first-order valence-electron chi connectivity index (χ1n) is 8.16. The number of methoxy groups -OCH3 is 1. The van der Waals surface area contributed by atoms with E-state index in [1.54, 1.807) is 43.9 Å². The maximum Gasteiger partial charge on any atom is 0.303 e. The molecule has 0 saturated carbocycles. The van der Waals surface area contributed by atoms with Crippen molar-refractivity contribution in [3.8, 4) is 5.75 Å². The molecule has 0 bridgehead atoms. The predicted molar refractivity (Wildman–Crippen MR) is 92.5 cm³/mol. The summed E-state index contributed by atoms with van der Waals surface area (Å²) >= 11 is 0. The number of nitrogens with one attached hydrogen (secondary N) is 1. The van der Waals surface area contributed by atoms with Gasteiger partial charge in [-0.25, -0.2) is 4.98 Å². The van der Waals surface area contributed by atoms with Crippen LogP contribution in [0.3, 0.4) is 0 Å². The molecule has 2 aromatic rings.